The van der Waals surface area contributed by atoms with E-state index in [1.807, 2.05) is 0 Å². The number of ether oxygens (including phenoxy) is 1. The van der Waals surface area contributed by atoms with Crippen molar-refractivity contribution in [1.82, 2.24) is 9.97 Å². The summed E-state index contributed by atoms with van der Waals surface area (Å²) >= 11 is 6.06. The van der Waals surface area contributed by atoms with Crippen LogP contribution in [0.4, 0.5) is 5.82 Å². The zero-order valence-electron chi connectivity index (χ0n) is 12.6. The molecule has 1 N–H and O–H groups in total. The van der Waals surface area contributed by atoms with Gasteiger partial charge in [0.15, 0.2) is 0 Å². The molecule has 1 heterocycles. The van der Waals surface area contributed by atoms with Gasteiger partial charge in [-0.15, -0.1) is 0 Å². The summed E-state index contributed by atoms with van der Waals surface area (Å²) in [5, 5.41) is 3.85. The summed E-state index contributed by atoms with van der Waals surface area (Å²) in [5.74, 6) is 1.20. The fraction of sp³-hybridized carbons (Fsp3) is 0.412. The Morgan fingerprint density at radius 2 is 2.05 bits per heavy atom. The summed E-state index contributed by atoms with van der Waals surface area (Å²) in [6, 6.07) is 8.64. The number of fused-ring (bicyclic) bond motifs is 1. The lowest BCUT2D eigenvalue weighted by Gasteiger charge is -2.32. The Morgan fingerprint density at radius 1 is 1.27 bits per heavy atom. The van der Waals surface area contributed by atoms with E-state index in [0.29, 0.717) is 16.8 Å². The SMILES string of the molecule is COC1Cc2ccccc2CC1CCNc1ncncc1Cl. The van der Waals surface area contributed by atoms with Crippen molar-refractivity contribution in [2.45, 2.75) is 25.4 Å². The van der Waals surface area contributed by atoms with Crippen molar-refractivity contribution in [1.29, 1.82) is 0 Å². The van der Waals surface area contributed by atoms with E-state index < -0.39 is 0 Å². The van der Waals surface area contributed by atoms with Crippen molar-refractivity contribution in [3.05, 3.63) is 52.9 Å². The lowest BCUT2D eigenvalue weighted by atomic mass is 9.80. The van der Waals surface area contributed by atoms with Gasteiger partial charge in [0.05, 0.1) is 12.3 Å². The number of nitrogens with one attached hydrogen (secondary N) is 1. The third-order valence-electron chi connectivity index (χ3n) is 4.33. The average Bonchev–Trinajstić information content (AvgIpc) is 2.56. The first-order valence-electron chi connectivity index (χ1n) is 7.57. The number of aromatic nitrogens is 2. The normalized spacial score (nSPS) is 20.5. The zero-order valence-corrected chi connectivity index (χ0v) is 13.4. The minimum atomic E-state index is 0.276. The van der Waals surface area contributed by atoms with E-state index in [-0.39, 0.29) is 6.10 Å². The molecule has 116 valence electrons. The summed E-state index contributed by atoms with van der Waals surface area (Å²) in [6.07, 6.45) is 6.46. The van der Waals surface area contributed by atoms with Gasteiger partial charge in [-0.1, -0.05) is 35.9 Å². The topological polar surface area (TPSA) is 47.0 Å². The first-order valence-corrected chi connectivity index (χ1v) is 7.94. The second-order valence-corrected chi connectivity index (χ2v) is 6.05. The highest BCUT2D eigenvalue weighted by Gasteiger charge is 2.27. The Bertz CT molecular complexity index is 635. The molecule has 0 saturated carbocycles. The standard InChI is InChI=1S/C17H20ClN3O/c1-22-16-9-13-5-3-2-4-12(13)8-14(16)6-7-20-17-15(18)10-19-11-21-17/h2-5,10-11,14,16H,6-9H2,1H3,(H,19,20,21). The van der Waals surface area contributed by atoms with Gasteiger partial charge >= 0.3 is 0 Å². The molecule has 0 fully saturated rings. The summed E-state index contributed by atoms with van der Waals surface area (Å²) in [7, 11) is 1.81. The summed E-state index contributed by atoms with van der Waals surface area (Å²) in [6.45, 7) is 0.823. The van der Waals surface area contributed by atoms with E-state index in [2.05, 4.69) is 39.6 Å². The van der Waals surface area contributed by atoms with Crippen molar-refractivity contribution in [3.8, 4) is 0 Å². The molecule has 1 aliphatic carbocycles. The number of anilines is 1. The molecular weight excluding hydrogens is 298 g/mol. The predicted molar refractivity (Wildman–Crippen MR) is 88.3 cm³/mol. The number of nitrogens with zero attached hydrogens (tertiary/aromatic N) is 2. The van der Waals surface area contributed by atoms with Gasteiger partial charge in [0.2, 0.25) is 0 Å². The first-order chi connectivity index (χ1) is 10.8. The van der Waals surface area contributed by atoms with Gasteiger partial charge in [-0.2, -0.15) is 0 Å². The van der Waals surface area contributed by atoms with Crippen molar-refractivity contribution >= 4 is 17.4 Å². The molecule has 0 amide bonds. The Morgan fingerprint density at radius 3 is 2.77 bits per heavy atom. The van der Waals surface area contributed by atoms with E-state index in [0.717, 1.165) is 25.8 Å². The average molecular weight is 318 g/mol. The molecule has 1 aromatic heterocycles. The number of halogens is 1. The third-order valence-corrected chi connectivity index (χ3v) is 4.60. The molecule has 1 aliphatic rings. The Hall–Kier alpha value is -1.65. The van der Waals surface area contributed by atoms with Crippen molar-refractivity contribution in [2.24, 2.45) is 5.92 Å². The Labute approximate surface area is 135 Å². The molecule has 0 radical (unpaired) electrons. The molecule has 0 saturated heterocycles. The molecule has 1 aromatic carbocycles. The largest absolute Gasteiger partial charge is 0.381 e. The molecule has 5 heteroatoms. The molecule has 0 spiro atoms. The van der Waals surface area contributed by atoms with Gasteiger partial charge < -0.3 is 10.1 Å². The van der Waals surface area contributed by atoms with Gasteiger partial charge in [0.25, 0.3) is 0 Å². The molecular formula is C17H20ClN3O. The van der Waals surface area contributed by atoms with E-state index in [1.165, 1.54) is 17.5 Å². The number of benzene rings is 1. The maximum atomic E-state index is 6.06. The van der Waals surface area contributed by atoms with Crippen molar-refractivity contribution in [2.75, 3.05) is 19.0 Å². The van der Waals surface area contributed by atoms with Crippen LogP contribution in [0.5, 0.6) is 0 Å². The van der Waals surface area contributed by atoms with E-state index in [9.17, 15) is 0 Å². The first kappa shape index (κ1) is 15.3. The Kier molecular flexibility index (Phi) is 4.90. The minimum absolute atomic E-state index is 0.276. The van der Waals surface area contributed by atoms with Crippen LogP contribution in [0.3, 0.4) is 0 Å². The molecule has 22 heavy (non-hydrogen) atoms. The zero-order chi connectivity index (χ0) is 15.4. The number of rotatable bonds is 5. The highest BCUT2D eigenvalue weighted by atomic mass is 35.5. The fourth-order valence-electron chi connectivity index (χ4n) is 3.14. The maximum Gasteiger partial charge on any atom is 0.148 e. The summed E-state index contributed by atoms with van der Waals surface area (Å²) < 4.78 is 5.71. The molecule has 0 bridgehead atoms. The van der Waals surface area contributed by atoms with Crippen LogP contribution in [0.15, 0.2) is 36.8 Å². The van der Waals surface area contributed by atoms with Crippen LogP contribution in [0, 0.1) is 5.92 Å². The minimum Gasteiger partial charge on any atom is -0.381 e. The van der Waals surface area contributed by atoms with E-state index >= 15 is 0 Å². The molecule has 3 rings (SSSR count). The highest BCUT2D eigenvalue weighted by Crippen LogP contribution is 2.29. The number of hydrogen-bond donors (Lipinski definition) is 1. The lowest BCUT2D eigenvalue weighted by molar-refractivity contribution is 0.0441. The monoisotopic (exact) mass is 317 g/mol. The second kappa shape index (κ2) is 7.07. The second-order valence-electron chi connectivity index (χ2n) is 5.65. The van der Waals surface area contributed by atoms with Crippen LogP contribution < -0.4 is 5.32 Å². The predicted octanol–water partition coefficient (Wildman–Crippen LogP) is 3.36. The smallest absolute Gasteiger partial charge is 0.148 e. The quantitative estimate of drug-likeness (QED) is 0.918. The van der Waals surface area contributed by atoms with Gasteiger partial charge in [-0.3, -0.25) is 0 Å². The molecule has 4 nitrogen and oxygen atoms in total. The highest BCUT2D eigenvalue weighted by molar-refractivity contribution is 6.32. The maximum absolute atomic E-state index is 6.06. The van der Waals surface area contributed by atoms with Gasteiger partial charge in [-0.05, 0) is 36.3 Å². The third kappa shape index (κ3) is 3.39. The van der Waals surface area contributed by atoms with Crippen LogP contribution in [0.25, 0.3) is 0 Å². The summed E-state index contributed by atoms with van der Waals surface area (Å²) in [5.41, 5.74) is 2.86. The van der Waals surface area contributed by atoms with Crippen LogP contribution in [-0.2, 0) is 17.6 Å². The van der Waals surface area contributed by atoms with Gasteiger partial charge in [-0.25, -0.2) is 9.97 Å². The van der Waals surface area contributed by atoms with E-state index in [4.69, 9.17) is 16.3 Å². The Balaban J connectivity index is 1.61. The van der Waals surface area contributed by atoms with Crippen LogP contribution in [0.1, 0.15) is 17.5 Å². The van der Waals surface area contributed by atoms with Crippen molar-refractivity contribution < 1.29 is 4.74 Å². The number of methoxy groups -OCH3 is 1. The van der Waals surface area contributed by atoms with E-state index in [1.54, 1.807) is 13.3 Å². The molecule has 2 unspecified atom stereocenters. The van der Waals surface area contributed by atoms with Crippen molar-refractivity contribution in [3.63, 3.8) is 0 Å². The van der Waals surface area contributed by atoms with Crippen LogP contribution in [-0.4, -0.2) is 29.7 Å². The van der Waals surface area contributed by atoms with Crippen LogP contribution in [0.2, 0.25) is 5.02 Å². The molecule has 0 aliphatic heterocycles. The van der Waals surface area contributed by atoms with Gasteiger partial charge in [0.1, 0.15) is 17.2 Å². The van der Waals surface area contributed by atoms with Crippen LogP contribution >= 0.6 is 11.6 Å². The molecule has 2 aromatic rings. The molecule has 2 atom stereocenters. The fourth-order valence-corrected chi connectivity index (χ4v) is 3.31. The van der Waals surface area contributed by atoms with Gasteiger partial charge in [0, 0.05) is 13.7 Å². The number of hydrogen-bond acceptors (Lipinski definition) is 4. The summed E-state index contributed by atoms with van der Waals surface area (Å²) in [4.78, 5) is 8.04. The lowest BCUT2D eigenvalue weighted by Crippen LogP contribution is -2.33.